The number of nitrogens with zero attached hydrogens (tertiary/aromatic N) is 1. The number of amides is 1. The second-order valence-electron chi connectivity index (χ2n) is 7.55. The van der Waals surface area contributed by atoms with Crippen molar-refractivity contribution in [2.75, 3.05) is 20.7 Å². The molecule has 1 aromatic heterocycles. The number of carboxylic acids is 1. The number of rotatable bonds is 7. The number of carbonyl (C=O) groups is 2. The normalized spacial score (nSPS) is 12.3. The second-order valence-corrected chi connectivity index (χ2v) is 8.69. The fourth-order valence-corrected chi connectivity index (χ4v) is 5.10. The minimum Gasteiger partial charge on any atom is -0.477 e. The molecule has 1 aliphatic rings. The Kier molecular flexibility index (Phi) is 6.06. The number of nitrogens with one attached hydrogen (secondary N) is 1. The first-order valence-corrected chi connectivity index (χ1v) is 10.9. The second kappa shape index (κ2) is 8.91. The third kappa shape index (κ3) is 4.19. The highest BCUT2D eigenvalue weighted by Crippen LogP contribution is 2.44. The summed E-state index contributed by atoms with van der Waals surface area (Å²) in [6.45, 7) is 1.09. The zero-order chi connectivity index (χ0) is 22.0. The lowest BCUT2D eigenvalue weighted by atomic mass is 9.98. The summed E-state index contributed by atoms with van der Waals surface area (Å²) in [7, 11) is 3.47. The van der Waals surface area contributed by atoms with Gasteiger partial charge in [-0.25, -0.2) is 9.59 Å². The Balaban J connectivity index is 1.46. The molecule has 0 unspecified atom stereocenters. The molecule has 31 heavy (non-hydrogen) atoms. The summed E-state index contributed by atoms with van der Waals surface area (Å²) >= 11 is 1.19. The Morgan fingerprint density at radius 3 is 2.29 bits per heavy atom. The number of carboxylic acid groups (broad SMARTS) is 1. The molecule has 3 aromatic rings. The van der Waals surface area contributed by atoms with Gasteiger partial charge in [0.1, 0.15) is 11.5 Å². The molecular formula is C24H24N2O4S. The van der Waals surface area contributed by atoms with Crippen molar-refractivity contribution in [1.29, 1.82) is 0 Å². The highest BCUT2D eigenvalue weighted by molar-refractivity contribution is 7.14. The lowest BCUT2D eigenvalue weighted by molar-refractivity contribution is 0.0702. The van der Waals surface area contributed by atoms with Gasteiger partial charge in [-0.2, -0.15) is 0 Å². The molecular weight excluding hydrogens is 412 g/mol. The van der Waals surface area contributed by atoms with E-state index < -0.39 is 12.1 Å². The summed E-state index contributed by atoms with van der Waals surface area (Å²) in [5, 5.41) is 12.3. The number of benzene rings is 2. The molecule has 0 aliphatic heterocycles. The van der Waals surface area contributed by atoms with Crippen molar-refractivity contribution in [3.05, 3.63) is 81.0 Å². The Bertz CT molecular complexity index is 1080. The molecule has 0 atom stereocenters. The minimum atomic E-state index is -0.961. The van der Waals surface area contributed by atoms with E-state index in [4.69, 9.17) is 4.74 Å². The van der Waals surface area contributed by atoms with Crippen molar-refractivity contribution < 1.29 is 19.4 Å². The molecule has 4 rings (SSSR count). The first-order chi connectivity index (χ1) is 15.0. The molecule has 0 fully saturated rings. The van der Waals surface area contributed by atoms with Crippen LogP contribution >= 0.6 is 11.3 Å². The van der Waals surface area contributed by atoms with E-state index in [2.05, 4.69) is 29.6 Å². The van der Waals surface area contributed by atoms with Crippen molar-refractivity contribution in [3.63, 3.8) is 0 Å². The van der Waals surface area contributed by atoms with Crippen LogP contribution in [0.1, 0.15) is 37.2 Å². The summed E-state index contributed by atoms with van der Waals surface area (Å²) in [6, 6.07) is 18.1. The summed E-state index contributed by atoms with van der Waals surface area (Å²) in [5.41, 5.74) is 5.58. The predicted molar refractivity (Wildman–Crippen MR) is 121 cm³/mol. The summed E-state index contributed by atoms with van der Waals surface area (Å²) < 4.78 is 5.69. The average molecular weight is 437 g/mol. The minimum absolute atomic E-state index is 0.00459. The summed E-state index contributed by atoms with van der Waals surface area (Å²) in [6.07, 6.45) is -0.428. The van der Waals surface area contributed by atoms with Gasteiger partial charge in [-0.3, -0.25) is 0 Å². The van der Waals surface area contributed by atoms with E-state index >= 15 is 0 Å². The van der Waals surface area contributed by atoms with Crippen LogP contribution in [0.15, 0.2) is 54.6 Å². The molecule has 1 heterocycles. The zero-order valence-corrected chi connectivity index (χ0v) is 18.2. The maximum absolute atomic E-state index is 12.7. The molecule has 6 nitrogen and oxygen atoms in total. The molecule has 0 saturated carbocycles. The van der Waals surface area contributed by atoms with Crippen LogP contribution in [0, 0.1) is 0 Å². The first kappa shape index (κ1) is 21.1. The first-order valence-electron chi connectivity index (χ1n) is 10.0. The van der Waals surface area contributed by atoms with Gasteiger partial charge in [0.05, 0.1) is 6.54 Å². The topological polar surface area (TPSA) is 78.9 Å². The van der Waals surface area contributed by atoms with E-state index in [1.54, 1.807) is 20.2 Å². The van der Waals surface area contributed by atoms with Gasteiger partial charge in [0.25, 0.3) is 0 Å². The number of aromatic carboxylic acids is 1. The quantitative estimate of drug-likeness (QED) is 0.568. The Morgan fingerprint density at radius 2 is 1.71 bits per heavy atom. The van der Waals surface area contributed by atoms with Crippen LogP contribution in [0.25, 0.3) is 11.1 Å². The summed E-state index contributed by atoms with van der Waals surface area (Å²) in [4.78, 5) is 26.6. The molecule has 2 N–H and O–H groups in total. The van der Waals surface area contributed by atoms with Crippen molar-refractivity contribution in [2.24, 2.45) is 0 Å². The van der Waals surface area contributed by atoms with Crippen molar-refractivity contribution in [2.45, 2.75) is 19.0 Å². The van der Waals surface area contributed by atoms with Gasteiger partial charge >= 0.3 is 12.1 Å². The van der Waals surface area contributed by atoms with E-state index in [1.165, 1.54) is 38.5 Å². The Hall–Kier alpha value is -3.16. The van der Waals surface area contributed by atoms with Gasteiger partial charge in [-0.1, -0.05) is 48.5 Å². The Morgan fingerprint density at radius 1 is 1.10 bits per heavy atom. The lowest BCUT2D eigenvalue weighted by Crippen LogP contribution is -2.28. The number of carbonyl (C=O) groups excluding carboxylic acids is 1. The van der Waals surface area contributed by atoms with Crippen LogP contribution < -0.4 is 5.32 Å². The van der Waals surface area contributed by atoms with E-state index in [0.29, 0.717) is 13.1 Å². The summed E-state index contributed by atoms with van der Waals surface area (Å²) in [5.74, 6) is -0.956. The molecule has 160 valence electrons. The number of hydrogen-bond acceptors (Lipinski definition) is 5. The number of ether oxygens (including phenoxy) is 1. The van der Waals surface area contributed by atoms with E-state index in [1.807, 2.05) is 24.3 Å². The Labute approximate surface area is 185 Å². The fourth-order valence-electron chi connectivity index (χ4n) is 4.03. The molecule has 0 bridgehead atoms. The average Bonchev–Trinajstić information content (AvgIpc) is 3.31. The van der Waals surface area contributed by atoms with E-state index in [-0.39, 0.29) is 17.4 Å². The van der Waals surface area contributed by atoms with Crippen LogP contribution in [0.5, 0.6) is 0 Å². The van der Waals surface area contributed by atoms with Crippen molar-refractivity contribution in [1.82, 2.24) is 10.2 Å². The van der Waals surface area contributed by atoms with Gasteiger partial charge in [0, 0.05) is 24.4 Å². The maximum Gasteiger partial charge on any atom is 0.409 e. The van der Waals surface area contributed by atoms with E-state index in [0.717, 1.165) is 10.4 Å². The molecule has 1 amide bonds. The highest BCUT2D eigenvalue weighted by atomic mass is 32.1. The molecule has 0 saturated heterocycles. The zero-order valence-electron chi connectivity index (χ0n) is 17.4. The van der Waals surface area contributed by atoms with Crippen LogP contribution in [-0.4, -0.2) is 42.8 Å². The third-order valence-corrected chi connectivity index (χ3v) is 6.65. The molecule has 2 aromatic carbocycles. The lowest BCUT2D eigenvalue weighted by Gasteiger charge is -2.20. The van der Waals surface area contributed by atoms with Crippen LogP contribution in [-0.2, 0) is 17.8 Å². The van der Waals surface area contributed by atoms with Gasteiger partial charge in [-0.05, 0) is 40.9 Å². The number of hydrogen-bond donors (Lipinski definition) is 2. The molecule has 1 aliphatic carbocycles. The van der Waals surface area contributed by atoms with E-state index in [9.17, 15) is 14.7 Å². The van der Waals surface area contributed by atoms with Gasteiger partial charge in [0.2, 0.25) is 0 Å². The maximum atomic E-state index is 12.7. The van der Waals surface area contributed by atoms with Crippen LogP contribution in [0.2, 0.25) is 0 Å². The number of thiophene rings is 1. The molecule has 7 heteroatoms. The van der Waals surface area contributed by atoms with Crippen LogP contribution in [0.4, 0.5) is 4.79 Å². The number of fused-ring (bicyclic) bond motifs is 3. The molecule has 0 spiro atoms. The standard InChI is InChI=1S/C24H24N2O4S/c1-25-12-15-11-21(23(27)28)31-22(15)13-26(2)24(29)30-14-20-18-9-5-3-7-16(18)17-8-4-6-10-19(17)20/h3-11,20,25H,12-14H2,1-2H3,(H,27,28). The van der Waals surface area contributed by atoms with Gasteiger partial charge < -0.3 is 20.1 Å². The highest BCUT2D eigenvalue weighted by Gasteiger charge is 2.29. The molecule has 0 radical (unpaired) electrons. The largest absolute Gasteiger partial charge is 0.477 e. The van der Waals surface area contributed by atoms with Crippen LogP contribution in [0.3, 0.4) is 0 Å². The fraction of sp³-hybridized carbons (Fsp3) is 0.250. The third-order valence-electron chi connectivity index (χ3n) is 5.50. The SMILES string of the molecule is CNCc1cc(C(=O)O)sc1CN(C)C(=O)OCC1c2ccccc2-c2ccccc21. The van der Waals surface area contributed by atoms with Crippen molar-refractivity contribution in [3.8, 4) is 11.1 Å². The monoisotopic (exact) mass is 436 g/mol. The predicted octanol–water partition coefficient (Wildman–Crippen LogP) is 4.55. The van der Waals surface area contributed by atoms with Gasteiger partial charge in [0.15, 0.2) is 0 Å². The van der Waals surface area contributed by atoms with Gasteiger partial charge in [-0.15, -0.1) is 11.3 Å². The smallest absolute Gasteiger partial charge is 0.409 e. The van der Waals surface area contributed by atoms with Crippen molar-refractivity contribution >= 4 is 23.4 Å².